The number of aromatic nitrogens is 1. The number of nitrogens with zero attached hydrogens (tertiary/aromatic N) is 2. The molecule has 2 atom stereocenters. The molecule has 1 N–H and O–H groups in total. The van der Waals surface area contributed by atoms with E-state index in [1.807, 2.05) is 18.5 Å². The fraction of sp³-hybridized carbons (Fsp3) is 0.619. The summed E-state index contributed by atoms with van der Waals surface area (Å²) in [5, 5.41) is 8.72. The molecule has 0 bridgehead atoms. The molecule has 2 heterocycles. The van der Waals surface area contributed by atoms with Crippen molar-refractivity contribution in [1.82, 2.24) is 4.98 Å². The number of hydrogen-bond acceptors (Lipinski definition) is 3. The molecule has 1 aliphatic heterocycles. The Morgan fingerprint density at radius 1 is 1.36 bits per heavy atom. The molecule has 0 amide bonds. The van der Waals surface area contributed by atoms with Gasteiger partial charge in [0.2, 0.25) is 0 Å². The molecular formula is C21H30N3O+. The Morgan fingerprint density at radius 2 is 2.20 bits per heavy atom. The van der Waals surface area contributed by atoms with Crippen LogP contribution in [0, 0.1) is 23.2 Å². The molecule has 0 aliphatic carbocycles. The van der Waals surface area contributed by atoms with E-state index in [9.17, 15) is 0 Å². The van der Waals surface area contributed by atoms with Crippen LogP contribution in [0.4, 0.5) is 0 Å². The zero-order valence-corrected chi connectivity index (χ0v) is 15.6. The Morgan fingerprint density at radius 3 is 2.88 bits per heavy atom. The van der Waals surface area contributed by atoms with Crippen LogP contribution >= 0.6 is 0 Å². The highest BCUT2D eigenvalue weighted by Gasteiger charge is 2.28. The second kappa shape index (κ2) is 10.2. The van der Waals surface area contributed by atoms with E-state index in [1.165, 1.54) is 29.7 Å². The third-order valence-electron chi connectivity index (χ3n) is 5.19. The molecule has 1 aliphatic rings. The summed E-state index contributed by atoms with van der Waals surface area (Å²) in [5.74, 6) is 6.80. The van der Waals surface area contributed by atoms with E-state index in [1.54, 1.807) is 0 Å². The molecule has 1 saturated heterocycles. The van der Waals surface area contributed by atoms with Crippen LogP contribution in [-0.2, 0) is 4.74 Å². The van der Waals surface area contributed by atoms with Crippen molar-refractivity contribution in [1.29, 1.82) is 5.26 Å². The topological polar surface area (TPSA) is 50.4 Å². The summed E-state index contributed by atoms with van der Waals surface area (Å²) >= 11 is 0. The van der Waals surface area contributed by atoms with E-state index in [0.29, 0.717) is 19.1 Å². The summed E-state index contributed by atoms with van der Waals surface area (Å²) in [6, 6.07) is 6.84. The lowest BCUT2D eigenvalue weighted by atomic mass is 9.96. The minimum atomic E-state index is -0.407. The molecule has 1 aromatic rings. The summed E-state index contributed by atoms with van der Waals surface area (Å²) < 4.78 is 5.95. The summed E-state index contributed by atoms with van der Waals surface area (Å²) in [4.78, 5) is 5.82. The smallest absolute Gasteiger partial charge is 0.139 e. The second-order valence-corrected chi connectivity index (χ2v) is 6.68. The fourth-order valence-corrected chi connectivity index (χ4v) is 3.55. The molecule has 0 saturated carbocycles. The number of piperidine rings is 1. The quantitative estimate of drug-likeness (QED) is 0.613. The second-order valence-electron chi connectivity index (χ2n) is 6.68. The third kappa shape index (κ3) is 5.56. The van der Waals surface area contributed by atoms with Crippen molar-refractivity contribution in [2.45, 2.75) is 64.0 Å². The molecule has 1 aromatic heterocycles. The molecule has 1 fully saturated rings. The zero-order chi connectivity index (χ0) is 18.0. The van der Waals surface area contributed by atoms with Gasteiger partial charge in [0.1, 0.15) is 18.2 Å². The van der Waals surface area contributed by atoms with Gasteiger partial charge < -0.3 is 9.64 Å². The van der Waals surface area contributed by atoms with Crippen LogP contribution in [0.15, 0.2) is 24.5 Å². The molecule has 1 unspecified atom stereocenters. The molecule has 134 valence electrons. The summed E-state index contributed by atoms with van der Waals surface area (Å²) in [5.41, 5.74) is 0.914. The normalized spacial score (nSPS) is 20.4. The predicted molar refractivity (Wildman–Crippen MR) is 98.8 cm³/mol. The van der Waals surface area contributed by atoms with Crippen LogP contribution in [0.25, 0.3) is 0 Å². The number of ether oxygens (including phenoxy) is 1. The van der Waals surface area contributed by atoms with Gasteiger partial charge in [0, 0.05) is 24.4 Å². The molecule has 0 aromatic carbocycles. The number of likely N-dealkylation sites (tertiary alicyclic amines) is 1. The lowest BCUT2D eigenvalue weighted by Gasteiger charge is -2.31. The number of quaternary nitrogens is 1. The first-order valence-electron chi connectivity index (χ1n) is 9.50. The van der Waals surface area contributed by atoms with Crippen LogP contribution < -0.4 is 4.90 Å². The highest BCUT2D eigenvalue weighted by Crippen LogP contribution is 2.20. The summed E-state index contributed by atoms with van der Waals surface area (Å²) in [6.45, 7) is 6.67. The van der Waals surface area contributed by atoms with E-state index >= 15 is 0 Å². The number of rotatable bonds is 7. The van der Waals surface area contributed by atoms with E-state index in [-0.39, 0.29) is 0 Å². The van der Waals surface area contributed by atoms with Gasteiger partial charge in [-0.05, 0) is 37.7 Å². The molecule has 2 rings (SSSR count). The van der Waals surface area contributed by atoms with Crippen molar-refractivity contribution in [3.05, 3.63) is 30.1 Å². The van der Waals surface area contributed by atoms with E-state index in [2.05, 4.69) is 42.8 Å². The molecule has 4 nitrogen and oxygen atoms in total. The molecule has 0 radical (unpaired) electrons. The van der Waals surface area contributed by atoms with Crippen molar-refractivity contribution in [3.63, 3.8) is 0 Å². The van der Waals surface area contributed by atoms with Gasteiger partial charge >= 0.3 is 0 Å². The van der Waals surface area contributed by atoms with Gasteiger partial charge in [0.25, 0.3) is 0 Å². The zero-order valence-electron chi connectivity index (χ0n) is 15.6. The first kappa shape index (κ1) is 19.4. The Hall–Kier alpha value is -1.88. The van der Waals surface area contributed by atoms with Crippen LogP contribution in [0.2, 0.25) is 0 Å². The average molecular weight is 340 g/mol. The average Bonchev–Trinajstić information content (AvgIpc) is 2.68. The SMILES string of the molecule is CCC(C#CC[NH+]1CCCC[C@H]1c1cccnc1)(CC)OCCC#N. The van der Waals surface area contributed by atoms with Crippen LogP contribution in [0.1, 0.15) is 64.0 Å². The van der Waals surface area contributed by atoms with Gasteiger partial charge in [-0.25, -0.2) is 0 Å². The van der Waals surface area contributed by atoms with Gasteiger partial charge in [-0.2, -0.15) is 5.26 Å². The highest BCUT2D eigenvalue weighted by molar-refractivity contribution is 5.15. The number of pyridine rings is 1. The van der Waals surface area contributed by atoms with Crippen molar-refractivity contribution in [3.8, 4) is 17.9 Å². The van der Waals surface area contributed by atoms with Crippen molar-refractivity contribution in [2.75, 3.05) is 19.7 Å². The van der Waals surface area contributed by atoms with E-state index < -0.39 is 5.60 Å². The van der Waals surface area contributed by atoms with Crippen LogP contribution in [0.5, 0.6) is 0 Å². The fourth-order valence-electron chi connectivity index (χ4n) is 3.55. The maximum Gasteiger partial charge on any atom is 0.139 e. The van der Waals surface area contributed by atoms with Gasteiger partial charge in [-0.1, -0.05) is 25.8 Å². The monoisotopic (exact) mass is 340 g/mol. The Balaban J connectivity index is 2.04. The lowest BCUT2D eigenvalue weighted by molar-refractivity contribution is -0.930. The van der Waals surface area contributed by atoms with Crippen molar-refractivity contribution >= 4 is 0 Å². The lowest BCUT2D eigenvalue weighted by Crippen LogP contribution is -3.13. The van der Waals surface area contributed by atoms with E-state index in [0.717, 1.165) is 25.9 Å². The first-order valence-corrected chi connectivity index (χ1v) is 9.50. The molecular weight excluding hydrogens is 310 g/mol. The maximum absolute atomic E-state index is 8.72. The standard InChI is InChI=1S/C21H29N3O/c1-3-21(4-2,25-17-9-13-22)12-8-16-24-15-6-5-11-20(24)19-10-7-14-23-18-19/h7,10,14,18,20H,3-6,9,11,15-17H2,1-2H3/p+1/t20-/m0/s1. The molecule has 25 heavy (non-hydrogen) atoms. The molecule has 4 heteroatoms. The summed E-state index contributed by atoms with van der Waals surface area (Å²) in [6.07, 6.45) is 9.70. The number of hydrogen-bond donors (Lipinski definition) is 1. The van der Waals surface area contributed by atoms with Gasteiger partial charge in [-0.15, -0.1) is 0 Å². The van der Waals surface area contributed by atoms with Gasteiger partial charge in [0.15, 0.2) is 0 Å². The van der Waals surface area contributed by atoms with Crippen LogP contribution in [0.3, 0.4) is 0 Å². The Kier molecular flexibility index (Phi) is 7.92. The largest absolute Gasteiger partial charge is 0.361 e. The third-order valence-corrected chi connectivity index (χ3v) is 5.19. The maximum atomic E-state index is 8.72. The number of nitrogens with one attached hydrogen (secondary N) is 1. The highest BCUT2D eigenvalue weighted by atomic mass is 16.5. The number of nitriles is 1. The van der Waals surface area contributed by atoms with E-state index in [4.69, 9.17) is 10.00 Å². The Labute approximate surface area is 152 Å². The minimum absolute atomic E-state index is 0.407. The van der Waals surface area contributed by atoms with Crippen molar-refractivity contribution in [2.24, 2.45) is 0 Å². The summed E-state index contributed by atoms with van der Waals surface area (Å²) in [7, 11) is 0. The molecule has 0 spiro atoms. The Bertz CT molecular complexity index is 608. The predicted octanol–water partition coefficient (Wildman–Crippen LogP) is 2.68. The first-order chi connectivity index (χ1) is 12.2. The minimum Gasteiger partial charge on any atom is -0.361 e. The van der Waals surface area contributed by atoms with Gasteiger partial charge in [0.05, 0.1) is 25.6 Å². The van der Waals surface area contributed by atoms with Crippen LogP contribution in [-0.4, -0.2) is 30.3 Å². The van der Waals surface area contributed by atoms with Crippen molar-refractivity contribution < 1.29 is 9.64 Å². The van der Waals surface area contributed by atoms with Gasteiger partial charge in [-0.3, -0.25) is 4.98 Å².